The smallest absolute Gasteiger partial charge is 0.115 e. The molecule has 1 aliphatic rings. The van der Waals surface area contributed by atoms with Gasteiger partial charge in [-0.15, -0.1) is 10.2 Å². The summed E-state index contributed by atoms with van der Waals surface area (Å²) in [5.74, 6) is 0. The molecule has 1 saturated heterocycles. The summed E-state index contributed by atoms with van der Waals surface area (Å²) in [6, 6.07) is 12.6. The molecule has 4 rings (SSSR count). The largest absolute Gasteiger partial charge is 0.371 e. The van der Waals surface area contributed by atoms with E-state index in [-0.39, 0.29) is 0 Å². The standard InChI is InChI=1S/C18H20N4/c1-13-5-7-15(8-6-13)22-19-16-11-14(2)18(12-17(16)20-22)21-9-3-4-10-21/h5-8,11-12H,3-4,9-10H2,1-2H3. The lowest BCUT2D eigenvalue weighted by Gasteiger charge is -2.19. The van der Waals surface area contributed by atoms with Crippen LogP contribution in [0.15, 0.2) is 36.4 Å². The van der Waals surface area contributed by atoms with Crippen molar-refractivity contribution < 1.29 is 0 Å². The fourth-order valence-electron chi connectivity index (χ4n) is 3.15. The van der Waals surface area contributed by atoms with Crippen LogP contribution in [0.3, 0.4) is 0 Å². The zero-order valence-electron chi connectivity index (χ0n) is 13.1. The molecule has 0 bridgehead atoms. The molecule has 0 unspecified atom stereocenters. The predicted octanol–water partition coefficient (Wildman–Crippen LogP) is 3.64. The fraction of sp³-hybridized carbons (Fsp3) is 0.333. The minimum absolute atomic E-state index is 0.959. The third-order valence-corrected chi connectivity index (χ3v) is 4.41. The number of aryl methyl sites for hydroxylation is 2. The highest BCUT2D eigenvalue weighted by Crippen LogP contribution is 2.28. The van der Waals surface area contributed by atoms with Gasteiger partial charge in [0.05, 0.1) is 5.69 Å². The first-order valence-corrected chi connectivity index (χ1v) is 7.90. The average molecular weight is 292 g/mol. The summed E-state index contributed by atoms with van der Waals surface area (Å²) >= 11 is 0. The first-order valence-electron chi connectivity index (χ1n) is 7.90. The number of benzene rings is 2. The summed E-state index contributed by atoms with van der Waals surface area (Å²) in [5, 5.41) is 9.29. The van der Waals surface area contributed by atoms with Gasteiger partial charge in [-0.3, -0.25) is 0 Å². The van der Waals surface area contributed by atoms with Gasteiger partial charge in [0, 0.05) is 18.8 Å². The van der Waals surface area contributed by atoms with E-state index in [1.165, 1.54) is 29.7 Å². The number of fused-ring (bicyclic) bond motifs is 1. The Bertz CT molecular complexity index is 811. The average Bonchev–Trinajstić information content (AvgIpc) is 3.15. The molecule has 2 heterocycles. The zero-order chi connectivity index (χ0) is 15.1. The molecule has 0 saturated carbocycles. The lowest BCUT2D eigenvalue weighted by Crippen LogP contribution is -2.18. The number of hydrogen-bond donors (Lipinski definition) is 0. The van der Waals surface area contributed by atoms with Gasteiger partial charge in [0.15, 0.2) is 0 Å². The molecule has 112 valence electrons. The topological polar surface area (TPSA) is 34.0 Å². The van der Waals surface area contributed by atoms with Crippen LogP contribution < -0.4 is 4.90 Å². The van der Waals surface area contributed by atoms with Crippen molar-refractivity contribution in [3.05, 3.63) is 47.5 Å². The van der Waals surface area contributed by atoms with E-state index in [2.05, 4.69) is 65.3 Å². The summed E-state index contributed by atoms with van der Waals surface area (Å²) in [5.41, 5.74) is 6.76. The summed E-state index contributed by atoms with van der Waals surface area (Å²) in [6.07, 6.45) is 2.57. The normalized spacial score (nSPS) is 14.9. The van der Waals surface area contributed by atoms with E-state index in [0.717, 1.165) is 29.8 Å². The number of aromatic nitrogens is 3. The molecule has 0 radical (unpaired) electrons. The van der Waals surface area contributed by atoms with Crippen LogP contribution in [-0.4, -0.2) is 28.1 Å². The molecule has 0 spiro atoms. The van der Waals surface area contributed by atoms with Crippen molar-refractivity contribution in [3.8, 4) is 5.69 Å². The predicted molar refractivity (Wildman–Crippen MR) is 89.8 cm³/mol. The highest BCUT2D eigenvalue weighted by molar-refractivity contribution is 5.81. The lowest BCUT2D eigenvalue weighted by atomic mass is 10.1. The molecular weight excluding hydrogens is 272 g/mol. The SMILES string of the molecule is Cc1ccc(-n2nc3cc(C)c(N4CCCC4)cc3n2)cc1. The van der Waals surface area contributed by atoms with Gasteiger partial charge in [-0.25, -0.2) is 0 Å². The quantitative estimate of drug-likeness (QED) is 0.723. The molecular formula is C18H20N4. The van der Waals surface area contributed by atoms with Gasteiger partial charge < -0.3 is 4.90 Å². The summed E-state index contributed by atoms with van der Waals surface area (Å²) < 4.78 is 0. The van der Waals surface area contributed by atoms with Crippen molar-refractivity contribution in [3.63, 3.8) is 0 Å². The van der Waals surface area contributed by atoms with E-state index >= 15 is 0 Å². The van der Waals surface area contributed by atoms with Crippen LogP contribution in [-0.2, 0) is 0 Å². The molecule has 1 fully saturated rings. The molecule has 1 aliphatic heterocycles. The Morgan fingerprint density at radius 3 is 2.18 bits per heavy atom. The van der Waals surface area contributed by atoms with Gasteiger partial charge in [0.1, 0.15) is 11.0 Å². The summed E-state index contributed by atoms with van der Waals surface area (Å²) in [6.45, 7) is 6.55. The van der Waals surface area contributed by atoms with Crippen molar-refractivity contribution in [1.29, 1.82) is 0 Å². The summed E-state index contributed by atoms with van der Waals surface area (Å²) in [4.78, 5) is 4.19. The molecule has 2 aromatic carbocycles. The maximum atomic E-state index is 4.66. The lowest BCUT2D eigenvalue weighted by molar-refractivity contribution is 0.765. The first-order chi connectivity index (χ1) is 10.7. The van der Waals surface area contributed by atoms with Crippen molar-refractivity contribution in [2.24, 2.45) is 0 Å². The third-order valence-electron chi connectivity index (χ3n) is 4.41. The molecule has 1 aromatic heterocycles. The number of hydrogen-bond acceptors (Lipinski definition) is 3. The van der Waals surface area contributed by atoms with Crippen molar-refractivity contribution >= 4 is 16.7 Å². The maximum Gasteiger partial charge on any atom is 0.115 e. The Morgan fingerprint density at radius 1 is 0.864 bits per heavy atom. The number of nitrogens with zero attached hydrogens (tertiary/aromatic N) is 4. The van der Waals surface area contributed by atoms with Crippen LogP contribution in [0.25, 0.3) is 16.7 Å². The molecule has 0 N–H and O–H groups in total. The molecule has 0 amide bonds. The highest BCUT2D eigenvalue weighted by atomic mass is 15.5. The van der Waals surface area contributed by atoms with Gasteiger partial charge in [0.2, 0.25) is 0 Å². The van der Waals surface area contributed by atoms with E-state index in [0.29, 0.717) is 0 Å². The Kier molecular flexibility index (Phi) is 3.10. The second kappa shape index (κ2) is 5.13. The molecule has 4 heteroatoms. The van der Waals surface area contributed by atoms with Crippen LogP contribution >= 0.6 is 0 Å². The third kappa shape index (κ3) is 2.25. The minimum Gasteiger partial charge on any atom is -0.371 e. The van der Waals surface area contributed by atoms with Gasteiger partial charge in [0.25, 0.3) is 0 Å². The highest BCUT2D eigenvalue weighted by Gasteiger charge is 2.16. The molecule has 3 aromatic rings. The first kappa shape index (κ1) is 13.3. The Balaban J connectivity index is 1.78. The number of rotatable bonds is 2. The van der Waals surface area contributed by atoms with E-state index in [1.807, 2.05) is 0 Å². The van der Waals surface area contributed by atoms with E-state index in [4.69, 9.17) is 0 Å². The monoisotopic (exact) mass is 292 g/mol. The van der Waals surface area contributed by atoms with Crippen LogP contribution in [0.5, 0.6) is 0 Å². The van der Waals surface area contributed by atoms with Crippen molar-refractivity contribution in [1.82, 2.24) is 15.0 Å². The van der Waals surface area contributed by atoms with E-state index in [1.54, 1.807) is 4.80 Å². The van der Waals surface area contributed by atoms with Crippen molar-refractivity contribution in [2.75, 3.05) is 18.0 Å². The zero-order valence-corrected chi connectivity index (χ0v) is 13.1. The van der Waals surface area contributed by atoms with Gasteiger partial charge in [-0.05, 0) is 56.5 Å². The van der Waals surface area contributed by atoms with Crippen LogP contribution in [0, 0.1) is 13.8 Å². The summed E-state index contributed by atoms with van der Waals surface area (Å²) in [7, 11) is 0. The van der Waals surface area contributed by atoms with Gasteiger partial charge >= 0.3 is 0 Å². The van der Waals surface area contributed by atoms with Crippen molar-refractivity contribution in [2.45, 2.75) is 26.7 Å². The Labute approximate surface area is 130 Å². The molecule has 4 nitrogen and oxygen atoms in total. The second-order valence-electron chi connectivity index (χ2n) is 6.15. The van der Waals surface area contributed by atoms with E-state index < -0.39 is 0 Å². The van der Waals surface area contributed by atoms with Gasteiger partial charge in [-0.1, -0.05) is 17.7 Å². The molecule has 0 aliphatic carbocycles. The Hall–Kier alpha value is -2.36. The van der Waals surface area contributed by atoms with Gasteiger partial charge in [-0.2, -0.15) is 4.80 Å². The fourth-order valence-corrected chi connectivity index (χ4v) is 3.15. The number of anilines is 1. The van der Waals surface area contributed by atoms with E-state index in [9.17, 15) is 0 Å². The van der Waals surface area contributed by atoms with Crippen LogP contribution in [0.1, 0.15) is 24.0 Å². The molecule has 22 heavy (non-hydrogen) atoms. The maximum absolute atomic E-state index is 4.66. The Morgan fingerprint density at radius 2 is 1.50 bits per heavy atom. The van der Waals surface area contributed by atoms with Crippen LogP contribution in [0.2, 0.25) is 0 Å². The molecule has 0 atom stereocenters. The second-order valence-corrected chi connectivity index (χ2v) is 6.15. The van der Waals surface area contributed by atoms with Crippen LogP contribution in [0.4, 0.5) is 5.69 Å². The minimum atomic E-state index is 0.959.